The smallest absolute Gasteiger partial charge is 0.206 e. The second kappa shape index (κ2) is 17.4. The van der Waals surface area contributed by atoms with Gasteiger partial charge in [0.15, 0.2) is 0 Å². The number of hydrogen-bond donors (Lipinski definition) is 0. The fourth-order valence-electron chi connectivity index (χ4n) is 12.6. The zero-order valence-electron chi connectivity index (χ0n) is 42.6. The monoisotopic (exact) mass is 1030 g/mol. The average molecular weight is 1030 g/mol. The lowest BCUT2D eigenvalue weighted by atomic mass is 10.0. The van der Waals surface area contributed by atoms with Crippen molar-refractivity contribution in [3.05, 3.63) is 279 Å². The van der Waals surface area contributed by atoms with E-state index in [1.54, 1.807) is 24.3 Å². The van der Waals surface area contributed by atoms with Crippen LogP contribution in [0.3, 0.4) is 0 Å². The van der Waals surface area contributed by atoms with Gasteiger partial charge in [-0.1, -0.05) is 133 Å². The molecule has 0 amide bonds. The molecule has 0 N–H and O–H groups in total. The van der Waals surface area contributed by atoms with Gasteiger partial charge in [0.1, 0.15) is 0 Å². The van der Waals surface area contributed by atoms with Crippen molar-refractivity contribution in [3.8, 4) is 45.0 Å². The van der Waals surface area contributed by atoms with Crippen LogP contribution in [0.5, 0.6) is 0 Å². The molecule has 0 saturated carbocycles. The summed E-state index contributed by atoms with van der Waals surface area (Å²) in [6.07, 6.45) is 0. The molecule has 12 aromatic carbocycles. The zero-order valence-corrected chi connectivity index (χ0v) is 43.4. The highest BCUT2D eigenvalue weighted by Gasteiger charge is 2.22. The van der Waals surface area contributed by atoms with E-state index in [-0.39, 0.29) is 9.79 Å². The first-order valence-electron chi connectivity index (χ1n) is 26.7. The lowest BCUT2D eigenvalue weighted by Crippen LogP contribution is -2.03. The van der Waals surface area contributed by atoms with Crippen LogP contribution in [0.1, 0.15) is 0 Å². The number of aromatic nitrogens is 4. The maximum Gasteiger partial charge on any atom is 0.206 e. The van der Waals surface area contributed by atoms with Crippen LogP contribution < -0.4 is 0 Å². The first-order chi connectivity index (χ1) is 38.9. The Morgan fingerprint density at radius 2 is 0.430 bits per heavy atom. The molecular weight excluding hydrogens is 985 g/mol. The Labute approximate surface area is 455 Å². The number of sulfone groups is 1. The van der Waals surface area contributed by atoms with Gasteiger partial charge in [-0.3, -0.25) is 0 Å². The molecule has 0 aliphatic rings. The van der Waals surface area contributed by atoms with Crippen molar-refractivity contribution in [2.45, 2.75) is 9.79 Å². The number of rotatable bonds is 8. The van der Waals surface area contributed by atoms with E-state index in [4.69, 9.17) is 0 Å². The van der Waals surface area contributed by atoms with Gasteiger partial charge in [-0.2, -0.15) is 0 Å². The highest BCUT2D eigenvalue weighted by Crippen LogP contribution is 2.41. The molecule has 16 aromatic rings. The van der Waals surface area contributed by atoms with Crippen LogP contribution in [-0.4, -0.2) is 26.7 Å². The Morgan fingerprint density at radius 3 is 0.709 bits per heavy atom. The lowest BCUT2D eigenvalue weighted by molar-refractivity contribution is 0.596. The number of nitrogens with zero attached hydrogens (tertiary/aromatic N) is 4. The van der Waals surface area contributed by atoms with E-state index in [0.29, 0.717) is 0 Å². The van der Waals surface area contributed by atoms with Gasteiger partial charge in [0.25, 0.3) is 0 Å². The van der Waals surface area contributed by atoms with E-state index in [0.717, 1.165) is 88.6 Å². The van der Waals surface area contributed by atoms with Crippen LogP contribution in [-0.2, 0) is 9.84 Å². The van der Waals surface area contributed by atoms with Gasteiger partial charge in [0.05, 0.1) is 53.9 Å². The Balaban J connectivity index is 0.714. The van der Waals surface area contributed by atoms with Crippen LogP contribution in [0.25, 0.3) is 132 Å². The van der Waals surface area contributed by atoms with Crippen molar-refractivity contribution in [3.63, 3.8) is 0 Å². The standard InChI is InChI=1S/C72H46N4O2S/c77-79(78,55-35-31-53(32-36-55)75-67-25-13-9-21-59(67)63-45-49(29-41-71(63)75)47-27-39-69-61(43-47)57-19-7-11-23-65(57)73(69)51-15-3-1-4-16-51)56-37-33-54(34-38-56)76-68-26-14-10-22-60(68)64-46-50(30-42-72(64)76)48-28-40-70-62(44-48)58-20-8-12-24-66(58)74(70)52-17-5-2-6-18-52/h1-46H. The van der Waals surface area contributed by atoms with Crippen molar-refractivity contribution >= 4 is 97.1 Å². The maximum atomic E-state index is 14.5. The van der Waals surface area contributed by atoms with Crippen molar-refractivity contribution in [1.29, 1.82) is 0 Å². The van der Waals surface area contributed by atoms with Crippen LogP contribution in [0.2, 0.25) is 0 Å². The first-order valence-corrected chi connectivity index (χ1v) is 28.1. The Morgan fingerprint density at radius 1 is 0.203 bits per heavy atom. The molecule has 0 bridgehead atoms. The van der Waals surface area contributed by atoms with E-state index < -0.39 is 9.84 Å². The van der Waals surface area contributed by atoms with Crippen molar-refractivity contribution in [2.75, 3.05) is 0 Å². The summed E-state index contributed by atoms with van der Waals surface area (Å²) >= 11 is 0. The SMILES string of the molecule is O=S(=O)(c1ccc(-n2c3ccccc3c3cc(-c4ccc5c(c4)c4ccccc4n5-c4ccccc4)ccc32)cc1)c1ccc(-n2c3ccccc3c3cc(-c4ccc5c(c4)c4ccccc4n5-c4ccccc4)ccc32)cc1. The summed E-state index contributed by atoms with van der Waals surface area (Å²) < 4.78 is 38.1. The molecule has 0 radical (unpaired) electrons. The summed E-state index contributed by atoms with van der Waals surface area (Å²) in [5.41, 5.74) is 17.5. The molecule has 0 saturated heterocycles. The summed E-state index contributed by atoms with van der Waals surface area (Å²) in [5, 5.41) is 9.35. The second-order valence-corrected chi connectivity index (χ2v) is 22.4. The third-order valence-corrected chi connectivity index (χ3v) is 18.0. The van der Waals surface area contributed by atoms with E-state index in [1.165, 1.54) is 43.6 Å². The maximum absolute atomic E-state index is 14.5. The number of hydrogen-bond acceptors (Lipinski definition) is 2. The molecule has 79 heavy (non-hydrogen) atoms. The second-order valence-electron chi connectivity index (χ2n) is 20.5. The van der Waals surface area contributed by atoms with E-state index in [9.17, 15) is 8.42 Å². The molecule has 6 nitrogen and oxygen atoms in total. The molecule has 0 aliphatic heterocycles. The van der Waals surface area contributed by atoms with Gasteiger partial charge in [-0.25, -0.2) is 8.42 Å². The van der Waals surface area contributed by atoms with Crippen LogP contribution in [0.4, 0.5) is 0 Å². The van der Waals surface area contributed by atoms with Gasteiger partial charge in [-0.15, -0.1) is 0 Å². The molecule has 0 atom stereocenters. The number of benzene rings is 12. The largest absolute Gasteiger partial charge is 0.309 e. The van der Waals surface area contributed by atoms with Gasteiger partial charge in [-0.05, 0) is 168 Å². The number of para-hydroxylation sites is 6. The van der Waals surface area contributed by atoms with Crippen molar-refractivity contribution in [2.24, 2.45) is 0 Å². The highest BCUT2D eigenvalue weighted by atomic mass is 32.2. The highest BCUT2D eigenvalue weighted by molar-refractivity contribution is 7.91. The third kappa shape index (κ3) is 6.93. The van der Waals surface area contributed by atoms with Crippen LogP contribution >= 0.6 is 0 Å². The molecule has 0 aliphatic carbocycles. The van der Waals surface area contributed by atoms with E-state index in [1.807, 2.05) is 24.3 Å². The van der Waals surface area contributed by atoms with Gasteiger partial charge in [0.2, 0.25) is 9.84 Å². The Kier molecular flexibility index (Phi) is 9.92. The van der Waals surface area contributed by atoms with Crippen molar-refractivity contribution < 1.29 is 8.42 Å². The summed E-state index contributed by atoms with van der Waals surface area (Å²) in [5.74, 6) is 0. The van der Waals surface area contributed by atoms with Crippen LogP contribution in [0, 0.1) is 0 Å². The predicted octanol–water partition coefficient (Wildman–Crippen LogP) is 18.2. The third-order valence-electron chi connectivity index (χ3n) is 16.2. The molecule has 4 heterocycles. The zero-order chi connectivity index (χ0) is 52.3. The first kappa shape index (κ1) is 45.0. The lowest BCUT2D eigenvalue weighted by Gasteiger charge is -2.12. The fourth-order valence-corrected chi connectivity index (χ4v) is 13.8. The van der Waals surface area contributed by atoms with E-state index >= 15 is 0 Å². The van der Waals surface area contributed by atoms with E-state index in [2.05, 4.69) is 249 Å². The summed E-state index contributed by atoms with van der Waals surface area (Å²) in [7, 11) is -3.86. The predicted molar refractivity (Wildman–Crippen MR) is 327 cm³/mol. The van der Waals surface area contributed by atoms with Gasteiger partial charge in [0, 0.05) is 65.8 Å². The minimum Gasteiger partial charge on any atom is -0.309 e. The summed E-state index contributed by atoms with van der Waals surface area (Å²) in [4.78, 5) is 0.478. The summed E-state index contributed by atoms with van der Waals surface area (Å²) in [6, 6.07) is 96.8. The molecule has 0 unspecified atom stereocenters. The molecule has 16 rings (SSSR count). The van der Waals surface area contributed by atoms with Gasteiger partial charge >= 0.3 is 0 Å². The quantitative estimate of drug-likeness (QED) is 0.152. The minimum absolute atomic E-state index is 0.239. The summed E-state index contributed by atoms with van der Waals surface area (Å²) in [6.45, 7) is 0. The molecule has 372 valence electrons. The van der Waals surface area contributed by atoms with Crippen molar-refractivity contribution in [1.82, 2.24) is 18.3 Å². The topological polar surface area (TPSA) is 53.9 Å². The van der Waals surface area contributed by atoms with Crippen LogP contribution in [0.15, 0.2) is 289 Å². The minimum atomic E-state index is -3.86. The Hall–Kier alpha value is -10.2. The van der Waals surface area contributed by atoms with Gasteiger partial charge < -0.3 is 18.3 Å². The molecule has 7 heteroatoms. The fraction of sp³-hybridized carbons (Fsp3) is 0. The Bertz CT molecular complexity index is 4920. The normalized spacial score (nSPS) is 12.2. The molecule has 0 fully saturated rings. The molecule has 4 aromatic heterocycles. The molecule has 0 spiro atoms. The average Bonchev–Trinajstić information content (AvgIpc) is 4.45. The number of fused-ring (bicyclic) bond motifs is 12. The molecular formula is C72H46N4O2S.